The second-order valence-corrected chi connectivity index (χ2v) is 6.67. The highest BCUT2D eigenvalue weighted by Crippen LogP contribution is 2.30. The Labute approximate surface area is 160 Å². The summed E-state index contributed by atoms with van der Waals surface area (Å²) >= 11 is 1.02. The first-order chi connectivity index (χ1) is 12.9. The van der Waals surface area contributed by atoms with Crippen molar-refractivity contribution >= 4 is 29.7 Å². The minimum absolute atomic E-state index is 0.178. The van der Waals surface area contributed by atoms with Gasteiger partial charge in [-0.25, -0.2) is 19.6 Å². The van der Waals surface area contributed by atoms with Gasteiger partial charge in [-0.1, -0.05) is 11.8 Å². The van der Waals surface area contributed by atoms with E-state index in [-0.39, 0.29) is 23.0 Å². The number of hydrogen-bond acceptors (Lipinski definition) is 8. The zero-order valence-electron chi connectivity index (χ0n) is 15.4. The third-order valence-electron chi connectivity index (χ3n) is 3.40. The predicted molar refractivity (Wildman–Crippen MR) is 98.3 cm³/mol. The van der Waals surface area contributed by atoms with Gasteiger partial charge in [0.25, 0.3) is 0 Å². The number of aromatic nitrogens is 2. The minimum atomic E-state index is -0.700. The Hall–Kier alpha value is -2.88. The van der Waals surface area contributed by atoms with Crippen LogP contribution in [0, 0.1) is 6.92 Å². The molecule has 0 saturated carbocycles. The first-order valence-electron chi connectivity index (χ1n) is 8.16. The van der Waals surface area contributed by atoms with Crippen molar-refractivity contribution in [3.8, 4) is 11.6 Å². The number of thioether (sulfide) groups is 1. The number of amides is 3. The third-order valence-corrected chi connectivity index (χ3v) is 4.49. The van der Waals surface area contributed by atoms with E-state index in [2.05, 4.69) is 20.6 Å². The number of imide groups is 1. The lowest BCUT2D eigenvalue weighted by Gasteiger charge is -2.15. The summed E-state index contributed by atoms with van der Waals surface area (Å²) in [5.74, 6) is -0.392. The van der Waals surface area contributed by atoms with Crippen molar-refractivity contribution in [2.75, 3.05) is 13.7 Å². The summed E-state index contributed by atoms with van der Waals surface area (Å²) in [5.41, 5.74) is 0.577. The van der Waals surface area contributed by atoms with Gasteiger partial charge < -0.3 is 14.5 Å². The molecule has 0 aliphatic heterocycles. The molecule has 2 aromatic heterocycles. The molecule has 3 amide bonds. The number of ether oxygens (including phenoxy) is 1. The lowest BCUT2D eigenvalue weighted by molar-refractivity contribution is -0.119. The Morgan fingerprint density at radius 3 is 2.67 bits per heavy atom. The van der Waals surface area contributed by atoms with Crippen LogP contribution in [-0.2, 0) is 9.53 Å². The Morgan fingerprint density at radius 1 is 1.33 bits per heavy atom. The van der Waals surface area contributed by atoms with E-state index in [9.17, 15) is 14.4 Å². The topological polar surface area (TPSA) is 123 Å². The Morgan fingerprint density at radius 2 is 2.07 bits per heavy atom. The molecule has 2 N–H and O–H groups in total. The van der Waals surface area contributed by atoms with Crippen molar-refractivity contribution in [2.24, 2.45) is 0 Å². The molecule has 9 nitrogen and oxygen atoms in total. The monoisotopic (exact) mass is 392 g/mol. The molecule has 0 fully saturated rings. The lowest BCUT2D eigenvalue weighted by Crippen LogP contribution is -2.41. The van der Waals surface area contributed by atoms with Gasteiger partial charge in [0, 0.05) is 7.05 Å². The van der Waals surface area contributed by atoms with Gasteiger partial charge in [-0.15, -0.1) is 0 Å². The first kappa shape index (κ1) is 20.4. The summed E-state index contributed by atoms with van der Waals surface area (Å²) in [4.78, 5) is 44.5. The molecule has 0 aliphatic carbocycles. The number of nitrogens with one attached hydrogen (secondary N) is 2. The van der Waals surface area contributed by atoms with Crippen LogP contribution < -0.4 is 10.6 Å². The SMILES string of the molecule is CCOC(=O)c1c(C)nc(-c2ccco2)nc1SC(C)C(=O)NC(=O)NC. The summed E-state index contributed by atoms with van der Waals surface area (Å²) in [6, 6.07) is 2.77. The molecular weight excluding hydrogens is 372 g/mol. The van der Waals surface area contributed by atoms with Gasteiger partial charge in [0.05, 0.1) is 23.8 Å². The molecule has 144 valence electrons. The number of nitrogens with zero attached hydrogens (tertiary/aromatic N) is 2. The fourth-order valence-corrected chi connectivity index (χ4v) is 3.07. The highest BCUT2D eigenvalue weighted by Gasteiger charge is 2.25. The quantitative estimate of drug-likeness (QED) is 0.435. The number of aryl methyl sites for hydroxylation is 1. The summed E-state index contributed by atoms with van der Waals surface area (Å²) < 4.78 is 10.4. The molecule has 10 heteroatoms. The average molecular weight is 392 g/mol. The fourth-order valence-electron chi connectivity index (χ4n) is 2.08. The van der Waals surface area contributed by atoms with Crippen LogP contribution in [0.25, 0.3) is 11.6 Å². The average Bonchev–Trinajstić information content (AvgIpc) is 3.15. The zero-order chi connectivity index (χ0) is 20.0. The maximum atomic E-state index is 12.4. The van der Waals surface area contributed by atoms with Gasteiger partial charge in [-0.3, -0.25) is 10.1 Å². The maximum absolute atomic E-state index is 12.4. The van der Waals surface area contributed by atoms with E-state index in [1.54, 1.807) is 32.9 Å². The van der Waals surface area contributed by atoms with Crippen LogP contribution in [0.2, 0.25) is 0 Å². The predicted octanol–water partition coefficient (Wildman–Crippen LogP) is 2.16. The van der Waals surface area contributed by atoms with Crippen LogP contribution in [0.4, 0.5) is 4.79 Å². The van der Waals surface area contributed by atoms with Crippen LogP contribution in [0.1, 0.15) is 29.9 Å². The van der Waals surface area contributed by atoms with E-state index >= 15 is 0 Å². The minimum Gasteiger partial charge on any atom is -0.462 e. The molecule has 0 aliphatic rings. The van der Waals surface area contributed by atoms with Gasteiger partial charge in [0.2, 0.25) is 5.91 Å². The highest BCUT2D eigenvalue weighted by molar-refractivity contribution is 8.00. The van der Waals surface area contributed by atoms with Crippen LogP contribution in [0.3, 0.4) is 0 Å². The van der Waals surface area contributed by atoms with E-state index in [4.69, 9.17) is 9.15 Å². The zero-order valence-corrected chi connectivity index (χ0v) is 16.2. The molecule has 2 rings (SSSR count). The van der Waals surface area contributed by atoms with Crippen molar-refractivity contribution in [2.45, 2.75) is 31.0 Å². The van der Waals surface area contributed by atoms with Gasteiger partial charge in [-0.05, 0) is 32.9 Å². The molecule has 1 atom stereocenters. The summed E-state index contributed by atoms with van der Waals surface area (Å²) in [7, 11) is 1.41. The number of carbonyl (C=O) groups is 3. The molecule has 0 aromatic carbocycles. The smallest absolute Gasteiger partial charge is 0.342 e. The Bertz CT molecular complexity index is 838. The van der Waals surface area contributed by atoms with Crippen molar-refractivity contribution < 1.29 is 23.5 Å². The normalized spacial score (nSPS) is 11.6. The van der Waals surface area contributed by atoms with Crippen LogP contribution in [0.5, 0.6) is 0 Å². The molecule has 0 spiro atoms. The molecule has 0 radical (unpaired) electrons. The Kier molecular flexibility index (Phi) is 6.94. The molecule has 2 heterocycles. The summed E-state index contributed by atoms with van der Waals surface area (Å²) in [6.07, 6.45) is 1.49. The summed E-state index contributed by atoms with van der Waals surface area (Å²) in [5, 5.41) is 4.07. The molecule has 2 aromatic rings. The van der Waals surface area contributed by atoms with E-state index in [0.29, 0.717) is 11.5 Å². The van der Waals surface area contributed by atoms with Crippen LogP contribution in [0.15, 0.2) is 27.8 Å². The van der Waals surface area contributed by atoms with Crippen LogP contribution in [-0.4, -0.2) is 46.8 Å². The maximum Gasteiger partial charge on any atom is 0.342 e. The highest BCUT2D eigenvalue weighted by atomic mass is 32.2. The Balaban J connectivity index is 2.39. The number of furan rings is 1. The van der Waals surface area contributed by atoms with Crippen molar-refractivity contribution in [1.29, 1.82) is 0 Å². The van der Waals surface area contributed by atoms with E-state index in [0.717, 1.165) is 11.8 Å². The molecule has 0 saturated heterocycles. The molecule has 1 unspecified atom stereocenters. The van der Waals surface area contributed by atoms with Crippen molar-refractivity contribution in [3.05, 3.63) is 29.7 Å². The van der Waals surface area contributed by atoms with Gasteiger partial charge in [0.1, 0.15) is 10.6 Å². The number of rotatable bonds is 6. The first-order valence-corrected chi connectivity index (χ1v) is 9.04. The fraction of sp³-hybridized carbons (Fsp3) is 0.353. The third kappa shape index (κ3) is 5.07. The van der Waals surface area contributed by atoms with E-state index < -0.39 is 23.2 Å². The van der Waals surface area contributed by atoms with E-state index in [1.807, 2.05) is 0 Å². The molecule has 0 bridgehead atoms. The number of esters is 1. The van der Waals surface area contributed by atoms with E-state index in [1.165, 1.54) is 13.3 Å². The lowest BCUT2D eigenvalue weighted by atomic mass is 10.2. The van der Waals surface area contributed by atoms with Crippen molar-refractivity contribution in [3.63, 3.8) is 0 Å². The molecule has 27 heavy (non-hydrogen) atoms. The second-order valence-electron chi connectivity index (χ2n) is 5.34. The standard InChI is InChI=1S/C17H20N4O5S/c1-5-25-16(23)12-9(2)19-13(11-7-6-8-26-11)20-15(12)27-10(3)14(22)21-17(24)18-4/h6-8,10H,5H2,1-4H3,(H2,18,21,22,24). The summed E-state index contributed by atoms with van der Waals surface area (Å²) in [6.45, 7) is 5.13. The molecular formula is C17H20N4O5S. The van der Waals surface area contributed by atoms with Crippen molar-refractivity contribution in [1.82, 2.24) is 20.6 Å². The van der Waals surface area contributed by atoms with Gasteiger partial charge in [0.15, 0.2) is 11.6 Å². The number of hydrogen-bond donors (Lipinski definition) is 2. The number of carbonyl (C=O) groups excluding carboxylic acids is 3. The van der Waals surface area contributed by atoms with Gasteiger partial charge in [-0.2, -0.15) is 0 Å². The second kappa shape index (κ2) is 9.17. The largest absolute Gasteiger partial charge is 0.462 e. The number of urea groups is 1. The van der Waals surface area contributed by atoms with Gasteiger partial charge >= 0.3 is 12.0 Å². The van der Waals surface area contributed by atoms with Crippen LogP contribution >= 0.6 is 11.8 Å².